The third kappa shape index (κ3) is 4.45. The third-order valence-corrected chi connectivity index (χ3v) is 8.49. The van der Waals surface area contributed by atoms with Crippen LogP contribution in [0.15, 0.2) is 152 Å². The minimum Gasteiger partial charge on any atom is -0.255 e. The number of hydrogen-bond donors (Lipinski definition) is 0. The van der Waals surface area contributed by atoms with Crippen LogP contribution in [0, 0.1) is 0 Å². The van der Waals surface area contributed by atoms with E-state index in [1.807, 2.05) is 54.6 Å². The zero-order valence-electron chi connectivity index (χ0n) is 24.7. The van der Waals surface area contributed by atoms with Crippen molar-refractivity contribution in [3.8, 4) is 45.3 Å². The van der Waals surface area contributed by atoms with E-state index < -0.39 is 0 Å². The first-order chi connectivity index (χ1) is 22.8. The molecular weight excluding hydrogens is 562 g/mol. The first-order valence-electron chi connectivity index (χ1n) is 15.3. The molecule has 0 aliphatic heterocycles. The van der Waals surface area contributed by atoms with E-state index in [1.165, 1.54) is 0 Å². The van der Waals surface area contributed by atoms with Crippen LogP contribution in [0.25, 0.3) is 88.8 Å². The lowest BCUT2D eigenvalue weighted by Gasteiger charge is -2.14. The van der Waals surface area contributed by atoms with E-state index >= 15 is 0 Å². The molecule has 0 radical (unpaired) electrons. The van der Waals surface area contributed by atoms with Gasteiger partial charge in [0.1, 0.15) is 0 Å². The standard InChI is InChI=1S/C41H25N5/c1-2-10-28(11-3-1)41-45-34-15-7-6-14-32(34)38(46-41)30-24-29-12-4-5-13-31(29)33(25-30)35-21-19-26-17-18-27-20-22-37(36-16-8-9-23-42-36)44-40(27)39(26)43-35/h1-25H. The summed E-state index contributed by atoms with van der Waals surface area (Å²) in [5.74, 6) is 0.703. The monoisotopic (exact) mass is 587 g/mol. The molecule has 46 heavy (non-hydrogen) atoms. The molecule has 0 amide bonds. The summed E-state index contributed by atoms with van der Waals surface area (Å²) in [5, 5.41) is 5.33. The average Bonchev–Trinajstić information content (AvgIpc) is 3.14. The molecule has 5 aromatic carbocycles. The number of nitrogens with zero attached hydrogens (tertiary/aromatic N) is 5. The highest BCUT2D eigenvalue weighted by Crippen LogP contribution is 2.37. The second-order valence-corrected chi connectivity index (χ2v) is 11.3. The second-order valence-electron chi connectivity index (χ2n) is 11.3. The van der Waals surface area contributed by atoms with Crippen LogP contribution in [-0.4, -0.2) is 24.9 Å². The van der Waals surface area contributed by atoms with Crippen molar-refractivity contribution in [1.29, 1.82) is 0 Å². The summed E-state index contributed by atoms with van der Waals surface area (Å²) in [5.41, 5.74) is 9.10. The Balaban J connectivity index is 1.28. The van der Waals surface area contributed by atoms with Crippen molar-refractivity contribution < 1.29 is 0 Å². The van der Waals surface area contributed by atoms with E-state index in [-0.39, 0.29) is 0 Å². The Labute approximate surface area is 264 Å². The Morgan fingerprint density at radius 1 is 0.391 bits per heavy atom. The molecule has 0 aliphatic carbocycles. The summed E-state index contributed by atoms with van der Waals surface area (Å²) < 4.78 is 0. The van der Waals surface area contributed by atoms with Gasteiger partial charge in [0.2, 0.25) is 0 Å². The van der Waals surface area contributed by atoms with Crippen LogP contribution in [0.5, 0.6) is 0 Å². The summed E-state index contributed by atoms with van der Waals surface area (Å²) >= 11 is 0. The summed E-state index contributed by atoms with van der Waals surface area (Å²) in [4.78, 5) is 25.0. The van der Waals surface area contributed by atoms with Gasteiger partial charge >= 0.3 is 0 Å². The molecule has 214 valence electrons. The number of hydrogen-bond acceptors (Lipinski definition) is 5. The van der Waals surface area contributed by atoms with E-state index in [1.54, 1.807) is 6.20 Å². The SMILES string of the molecule is c1ccc(-c2nc(-c3cc(-c4ccc5ccc6ccc(-c7ccccn7)nc6c5n4)c4ccccc4c3)c3ccccc3n2)cc1. The number of rotatable bonds is 4. The molecule has 0 saturated carbocycles. The fourth-order valence-corrected chi connectivity index (χ4v) is 6.25. The van der Waals surface area contributed by atoms with Crippen LogP contribution in [0.4, 0.5) is 0 Å². The number of para-hydroxylation sites is 1. The quantitative estimate of drug-likeness (QED) is 0.192. The number of benzene rings is 5. The Bertz CT molecular complexity index is 2580. The molecule has 0 unspecified atom stereocenters. The molecule has 0 bridgehead atoms. The lowest BCUT2D eigenvalue weighted by molar-refractivity contribution is 1.23. The van der Waals surface area contributed by atoms with Crippen LogP contribution in [0.2, 0.25) is 0 Å². The van der Waals surface area contributed by atoms with Crippen molar-refractivity contribution in [3.05, 3.63) is 152 Å². The molecule has 0 saturated heterocycles. The van der Waals surface area contributed by atoms with Crippen LogP contribution < -0.4 is 0 Å². The van der Waals surface area contributed by atoms with E-state index in [4.69, 9.17) is 19.9 Å². The first-order valence-corrected chi connectivity index (χ1v) is 15.3. The minimum atomic E-state index is 0.703. The maximum Gasteiger partial charge on any atom is 0.160 e. The minimum absolute atomic E-state index is 0.703. The normalized spacial score (nSPS) is 11.5. The highest BCUT2D eigenvalue weighted by molar-refractivity contribution is 6.06. The summed E-state index contributed by atoms with van der Waals surface area (Å²) in [7, 11) is 0. The van der Waals surface area contributed by atoms with Crippen molar-refractivity contribution in [2.45, 2.75) is 0 Å². The second kappa shape index (κ2) is 10.7. The zero-order chi connectivity index (χ0) is 30.5. The van der Waals surface area contributed by atoms with Gasteiger partial charge in [-0.2, -0.15) is 0 Å². The number of fused-ring (bicyclic) bond motifs is 5. The van der Waals surface area contributed by atoms with Gasteiger partial charge in [-0.05, 0) is 53.2 Å². The number of aromatic nitrogens is 5. The van der Waals surface area contributed by atoms with Gasteiger partial charge in [-0.25, -0.2) is 19.9 Å². The van der Waals surface area contributed by atoms with E-state index in [9.17, 15) is 0 Å². The van der Waals surface area contributed by atoms with Gasteiger partial charge in [-0.15, -0.1) is 0 Å². The summed E-state index contributed by atoms with van der Waals surface area (Å²) in [6, 6.07) is 49.7. The first kappa shape index (κ1) is 26.1. The van der Waals surface area contributed by atoms with Crippen LogP contribution in [0.3, 0.4) is 0 Å². The summed E-state index contributed by atoms with van der Waals surface area (Å²) in [6.45, 7) is 0. The maximum atomic E-state index is 5.31. The Kier molecular flexibility index (Phi) is 6.06. The highest BCUT2D eigenvalue weighted by atomic mass is 14.9. The topological polar surface area (TPSA) is 64.5 Å². The zero-order valence-corrected chi connectivity index (χ0v) is 24.7. The van der Waals surface area contributed by atoms with E-state index in [0.717, 1.165) is 82.9 Å². The van der Waals surface area contributed by atoms with Gasteiger partial charge in [0.25, 0.3) is 0 Å². The van der Waals surface area contributed by atoms with Crippen molar-refractivity contribution in [1.82, 2.24) is 24.9 Å². The fraction of sp³-hybridized carbons (Fsp3) is 0. The molecule has 5 heteroatoms. The molecule has 0 aliphatic rings. The van der Waals surface area contributed by atoms with Crippen LogP contribution >= 0.6 is 0 Å². The lowest BCUT2D eigenvalue weighted by Crippen LogP contribution is -1.96. The Morgan fingerprint density at radius 3 is 1.87 bits per heavy atom. The van der Waals surface area contributed by atoms with E-state index in [2.05, 4.69) is 96.0 Å². The lowest BCUT2D eigenvalue weighted by atomic mass is 9.95. The van der Waals surface area contributed by atoms with Gasteiger partial charge in [0.15, 0.2) is 5.82 Å². The largest absolute Gasteiger partial charge is 0.255 e. The van der Waals surface area contributed by atoms with Crippen molar-refractivity contribution in [2.24, 2.45) is 0 Å². The molecule has 9 aromatic rings. The third-order valence-electron chi connectivity index (χ3n) is 8.49. The Morgan fingerprint density at radius 2 is 1.07 bits per heavy atom. The molecule has 4 aromatic heterocycles. The molecule has 4 heterocycles. The van der Waals surface area contributed by atoms with E-state index in [0.29, 0.717) is 5.82 Å². The smallest absolute Gasteiger partial charge is 0.160 e. The van der Waals surface area contributed by atoms with Gasteiger partial charge in [-0.1, -0.05) is 103 Å². The predicted octanol–water partition coefficient (Wildman–Crippen LogP) is 9.94. The highest BCUT2D eigenvalue weighted by Gasteiger charge is 2.16. The van der Waals surface area contributed by atoms with Gasteiger partial charge in [-0.3, -0.25) is 4.98 Å². The van der Waals surface area contributed by atoms with Gasteiger partial charge in [0.05, 0.1) is 39.3 Å². The molecular formula is C41H25N5. The molecule has 0 atom stereocenters. The molecule has 0 fully saturated rings. The van der Waals surface area contributed by atoms with Crippen LogP contribution in [-0.2, 0) is 0 Å². The molecule has 9 rings (SSSR count). The Hall–Kier alpha value is -6.33. The molecule has 5 nitrogen and oxygen atoms in total. The van der Waals surface area contributed by atoms with Crippen LogP contribution in [0.1, 0.15) is 0 Å². The predicted molar refractivity (Wildman–Crippen MR) is 187 cm³/mol. The van der Waals surface area contributed by atoms with Gasteiger partial charge < -0.3 is 0 Å². The van der Waals surface area contributed by atoms with Gasteiger partial charge in [0, 0.05) is 39.0 Å². The van der Waals surface area contributed by atoms with Crippen molar-refractivity contribution >= 4 is 43.5 Å². The van der Waals surface area contributed by atoms with Crippen molar-refractivity contribution in [2.75, 3.05) is 0 Å². The fourth-order valence-electron chi connectivity index (χ4n) is 6.25. The maximum absolute atomic E-state index is 5.31. The van der Waals surface area contributed by atoms with Crippen molar-refractivity contribution in [3.63, 3.8) is 0 Å². The summed E-state index contributed by atoms with van der Waals surface area (Å²) in [6.07, 6.45) is 1.79. The molecule has 0 spiro atoms. The molecule has 0 N–H and O–H groups in total. The number of pyridine rings is 3. The average molecular weight is 588 g/mol.